The number of aliphatic hydroxyl groups is 1. The minimum absolute atomic E-state index is 0.104. The van der Waals surface area contributed by atoms with Crippen molar-refractivity contribution < 1.29 is 18.6 Å². The van der Waals surface area contributed by atoms with Crippen LogP contribution in [0.25, 0.3) is 5.69 Å². The third kappa shape index (κ3) is 4.64. The number of hydrogen-bond acceptors (Lipinski definition) is 5. The molecular weight excluding hydrogens is 454 g/mol. The van der Waals surface area contributed by atoms with Gasteiger partial charge in [0.05, 0.1) is 18.6 Å². The molecule has 10 heteroatoms. The molecule has 2 aromatic heterocycles. The minimum Gasteiger partial charge on any atom is -0.451 e. The summed E-state index contributed by atoms with van der Waals surface area (Å²) >= 11 is 6.08. The Hall–Kier alpha value is -3.56. The smallest absolute Gasteiger partial charge is 0.310 e. The van der Waals surface area contributed by atoms with Gasteiger partial charge in [0.25, 0.3) is 0 Å². The molecule has 1 N–H and O–H groups in total. The quantitative estimate of drug-likeness (QED) is 0.451. The molecule has 0 aliphatic rings. The number of ether oxygens (including phenoxy) is 1. The van der Waals surface area contributed by atoms with Crippen molar-refractivity contribution >= 4 is 11.6 Å². The lowest BCUT2D eigenvalue weighted by molar-refractivity contribution is 0.232. The Labute approximate surface area is 192 Å². The molecule has 0 aliphatic carbocycles. The van der Waals surface area contributed by atoms with Gasteiger partial charge >= 0.3 is 5.56 Å². The fourth-order valence-corrected chi connectivity index (χ4v) is 3.67. The molecule has 7 nitrogen and oxygen atoms in total. The van der Waals surface area contributed by atoms with Crippen LogP contribution in [0.4, 0.5) is 8.78 Å². The Kier molecular flexibility index (Phi) is 6.26. The standard InChI is InChI=1S/C23H19ClF2N4O3/c1-13-7-16(4-6-19(13)29-10-14(2)27-12-29)33-21-9-22(24)28-30(23(21)32)20(11-31)17-5-3-15(25)8-18(17)26/h3-10,12,20,31H,11H2,1-2H3/t20-/m0/s1. The van der Waals surface area contributed by atoms with Crippen LogP contribution in [-0.4, -0.2) is 31.0 Å². The van der Waals surface area contributed by atoms with E-state index in [9.17, 15) is 18.7 Å². The van der Waals surface area contributed by atoms with E-state index in [1.165, 1.54) is 6.07 Å². The molecule has 0 aliphatic heterocycles. The van der Waals surface area contributed by atoms with Crippen LogP contribution in [0.2, 0.25) is 5.15 Å². The van der Waals surface area contributed by atoms with E-state index in [-0.39, 0.29) is 16.5 Å². The SMILES string of the molecule is Cc1cn(-c2ccc(Oc3cc(Cl)nn([C@@H](CO)c4ccc(F)cc4F)c3=O)cc2C)cn1. The molecule has 2 heterocycles. The first kappa shape index (κ1) is 22.6. The predicted molar refractivity (Wildman–Crippen MR) is 118 cm³/mol. The predicted octanol–water partition coefficient (Wildman–Crippen LogP) is 4.35. The van der Waals surface area contributed by atoms with Crippen molar-refractivity contribution in [3.05, 3.63) is 99.0 Å². The van der Waals surface area contributed by atoms with Crippen LogP contribution in [0.5, 0.6) is 11.5 Å². The van der Waals surface area contributed by atoms with Gasteiger partial charge in [-0.2, -0.15) is 5.10 Å². The Morgan fingerprint density at radius 1 is 1.15 bits per heavy atom. The van der Waals surface area contributed by atoms with Gasteiger partial charge in [-0.1, -0.05) is 17.7 Å². The van der Waals surface area contributed by atoms with Gasteiger partial charge in [0, 0.05) is 29.6 Å². The number of aromatic nitrogens is 4. The van der Waals surface area contributed by atoms with Crippen molar-refractivity contribution in [3.63, 3.8) is 0 Å². The van der Waals surface area contributed by atoms with Gasteiger partial charge < -0.3 is 14.4 Å². The van der Waals surface area contributed by atoms with Gasteiger partial charge in [-0.25, -0.2) is 18.4 Å². The van der Waals surface area contributed by atoms with Crippen LogP contribution in [0.1, 0.15) is 22.9 Å². The average molecular weight is 473 g/mol. The number of aryl methyl sites for hydroxylation is 2. The normalized spacial score (nSPS) is 12.1. The number of hydrogen-bond donors (Lipinski definition) is 1. The number of imidazole rings is 1. The Morgan fingerprint density at radius 2 is 1.94 bits per heavy atom. The summed E-state index contributed by atoms with van der Waals surface area (Å²) < 4.78 is 36.1. The van der Waals surface area contributed by atoms with Crippen molar-refractivity contribution in [1.29, 1.82) is 0 Å². The average Bonchev–Trinajstić information content (AvgIpc) is 3.19. The van der Waals surface area contributed by atoms with Crippen molar-refractivity contribution in [2.24, 2.45) is 0 Å². The Bertz CT molecular complexity index is 1390. The molecule has 4 rings (SSSR count). The summed E-state index contributed by atoms with van der Waals surface area (Å²) in [6.45, 7) is 3.10. The number of rotatable bonds is 6. The summed E-state index contributed by atoms with van der Waals surface area (Å²) in [7, 11) is 0. The van der Waals surface area contributed by atoms with Crippen molar-refractivity contribution in [2.75, 3.05) is 6.61 Å². The third-order valence-electron chi connectivity index (χ3n) is 5.05. The van der Waals surface area contributed by atoms with Gasteiger partial charge in [0.15, 0.2) is 10.9 Å². The molecule has 4 aromatic rings. The first-order chi connectivity index (χ1) is 15.8. The first-order valence-electron chi connectivity index (χ1n) is 9.91. The highest BCUT2D eigenvalue weighted by molar-refractivity contribution is 6.29. The third-order valence-corrected chi connectivity index (χ3v) is 5.23. The summed E-state index contributed by atoms with van der Waals surface area (Å²) in [6.07, 6.45) is 3.58. The zero-order chi connectivity index (χ0) is 23.7. The fourth-order valence-electron chi connectivity index (χ4n) is 3.48. The van der Waals surface area contributed by atoms with Crippen LogP contribution in [0, 0.1) is 25.5 Å². The molecular formula is C23H19ClF2N4O3. The number of nitrogens with zero attached hydrogens (tertiary/aromatic N) is 4. The second kappa shape index (κ2) is 9.13. The lowest BCUT2D eigenvalue weighted by Crippen LogP contribution is -2.31. The molecule has 0 spiro atoms. The molecule has 0 unspecified atom stereocenters. The second-order valence-corrected chi connectivity index (χ2v) is 7.81. The zero-order valence-corrected chi connectivity index (χ0v) is 18.4. The van der Waals surface area contributed by atoms with Crippen LogP contribution in [0.3, 0.4) is 0 Å². The fraction of sp³-hybridized carbons (Fsp3) is 0.174. The number of benzene rings is 2. The van der Waals surface area contributed by atoms with E-state index in [1.54, 1.807) is 18.5 Å². The molecule has 0 saturated heterocycles. The van der Waals surface area contributed by atoms with E-state index >= 15 is 0 Å². The zero-order valence-electron chi connectivity index (χ0n) is 17.7. The van der Waals surface area contributed by atoms with Gasteiger partial charge in [-0.3, -0.25) is 4.79 Å². The van der Waals surface area contributed by atoms with E-state index < -0.39 is 29.8 Å². The van der Waals surface area contributed by atoms with E-state index in [1.807, 2.05) is 30.7 Å². The van der Waals surface area contributed by atoms with Crippen LogP contribution >= 0.6 is 11.6 Å². The summed E-state index contributed by atoms with van der Waals surface area (Å²) in [4.78, 5) is 17.3. The molecule has 0 saturated carbocycles. The second-order valence-electron chi connectivity index (χ2n) is 7.42. The van der Waals surface area contributed by atoms with Crippen molar-refractivity contribution in [2.45, 2.75) is 19.9 Å². The molecule has 0 bridgehead atoms. The highest BCUT2D eigenvalue weighted by atomic mass is 35.5. The van der Waals surface area contributed by atoms with Crippen LogP contribution < -0.4 is 10.3 Å². The minimum atomic E-state index is -1.23. The molecule has 2 aromatic carbocycles. The molecule has 33 heavy (non-hydrogen) atoms. The largest absolute Gasteiger partial charge is 0.451 e. The highest BCUT2D eigenvalue weighted by Crippen LogP contribution is 2.26. The summed E-state index contributed by atoms with van der Waals surface area (Å²) in [5.41, 5.74) is 1.77. The summed E-state index contributed by atoms with van der Waals surface area (Å²) in [5, 5.41) is 13.7. The highest BCUT2D eigenvalue weighted by Gasteiger charge is 2.23. The number of aliphatic hydroxyl groups excluding tert-OH is 1. The first-order valence-corrected chi connectivity index (χ1v) is 10.3. The van der Waals surface area contributed by atoms with E-state index in [0.29, 0.717) is 11.8 Å². The van der Waals surface area contributed by atoms with E-state index in [0.717, 1.165) is 33.8 Å². The van der Waals surface area contributed by atoms with Gasteiger partial charge in [0.2, 0.25) is 0 Å². The maximum Gasteiger partial charge on any atom is 0.310 e. The summed E-state index contributed by atoms with van der Waals surface area (Å²) in [5.74, 6) is -1.51. The van der Waals surface area contributed by atoms with Crippen molar-refractivity contribution in [3.8, 4) is 17.2 Å². The maximum absolute atomic E-state index is 14.3. The lowest BCUT2D eigenvalue weighted by atomic mass is 10.1. The molecule has 1 atom stereocenters. The van der Waals surface area contributed by atoms with Crippen LogP contribution in [-0.2, 0) is 0 Å². The van der Waals surface area contributed by atoms with E-state index in [4.69, 9.17) is 16.3 Å². The number of halogens is 3. The Morgan fingerprint density at radius 3 is 2.58 bits per heavy atom. The van der Waals surface area contributed by atoms with Gasteiger partial charge in [0.1, 0.15) is 23.4 Å². The molecule has 0 fully saturated rings. The molecule has 0 amide bonds. The van der Waals surface area contributed by atoms with Gasteiger partial charge in [-0.15, -0.1) is 0 Å². The van der Waals surface area contributed by atoms with Crippen LogP contribution in [0.15, 0.2) is 59.8 Å². The Balaban J connectivity index is 1.70. The molecule has 170 valence electrons. The maximum atomic E-state index is 14.3. The summed E-state index contributed by atoms with van der Waals surface area (Å²) in [6, 6.07) is 8.08. The topological polar surface area (TPSA) is 82.2 Å². The van der Waals surface area contributed by atoms with E-state index in [2.05, 4.69) is 10.1 Å². The lowest BCUT2D eigenvalue weighted by Gasteiger charge is -2.18. The monoisotopic (exact) mass is 472 g/mol. The molecule has 0 radical (unpaired) electrons. The van der Waals surface area contributed by atoms with Gasteiger partial charge in [-0.05, 0) is 43.7 Å². The van der Waals surface area contributed by atoms with Crippen molar-refractivity contribution in [1.82, 2.24) is 19.3 Å².